The van der Waals surface area contributed by atoms with Crippen LogP contribution in [0, 0.1) is 11.3 Å². The maximum absolute atomic E-state index is 11.0. The third-order valence-electron chi connectivity index (χ3n) is 2.32. The number of benzene rings is 1. The number of pyridine rings is 1. The first-order chi connectivity index (χ1) is 8.70. The third-order valence-corrected chi connectivity index (χ3v) is 2.32. The monoisotopic (exact) mass is 239 g/mol. The van der Waals surface area contributed by atoms with Crippen LogP contribution in [0.4, 0.5) is 11.4 Å². The molecule has 2 aromatic rings. The molecule has 1 heterocycles. The topological polar surface area (TPSA) is 86.0 Å². The van der Waals surface area contributed by atoms with Crippen LogP contribution in [-0.2, 0) is 0 Å². The summed E-state index contributed by atoms with van der Waals surface area (Å²) in [7, 11) is 0. The summed E-state index contributed by atoms with van der Waals surface area (Å²) in [5.74, 6) is -1.05. The number of carboxylic acids is 1. The Kier molecular flexibility index (Phi) is 3.21. The highest BCUT2D eigenvalue weighted by Gasteiger charge is 2.09. The van der Waals surface area contributed by atoms with Gasteiger partial charge in [-0.15, -0.1) is 0 Å². The SMILES string of the molecule is N#Cc1cccc(Nc2ccncc2C(=O)O)c1. The highest BCUT2D eigenvalue weighted by molar-refractivity contribution is 5.94. The lowest BCUT2D eigenvalue weighted by atomic mass is 10.2. The molecule has 18 heavy (non-hydrogen) atoms. The van der Waals surface area contributed by atoms with Gasteiger partial charge in [0, 0.05) is 18.1 Å². The van der Waals surface area contributed by atoms with Gasteiger partial charge >= 0.3 is 5.97 Å². The quantitative estimate of drug-likeness (QED) is 0.858. The highest BCUT2D eigenvalue weighted by Crippen LogP contribution is 2.20. The minimum atomic E-state index is -1.05. The van der Waals surface area contributed by atoms with Crippen molar-refractivity contribution in [2.45, 2.75) is 0 Å². The van der Waals surface area contributed by atoms with Crippen LogP contribution in [0.3, 0.4) is 0 Å². The van der Waals surface area contributed by atoms with E-state index in [4.69, 9.17) is 10.4 Å². The van der Waals surface area contributed by atoms with Crippen LogP contribution in [0.5, 0.6) is 0 Å². The predicted molar refractivity (Wildman–Crippen MR) is 65.6 cm³/mol. The molecule has 0 atom stereocenters. The van der Waals surface area contributed by atoms with Crippen molar-refractivity contribution in [1.82, 2.24) is 4.98 Å². The van der Waals surface area contributed by atoms with Gasteiger partial charge in [-0.3, -0.25) is 4.98 Å². The molecule has 1 aromatic heterocycles. The van der Waals surface area contributed by atoms with E-state index in [1.807, 2.05) is 6.07 Å². The number of hydrogen-bond donors (Lipinski definition) is 2. The van der Waals surface area contributed by atoms with Crippen LogP contribution < -0.4 is 5.32 Å². The Morgan fingerprint density at radius 1 is 1.39 bits per heavy atom. The lowest BCUT2D eigenvalue weighted by Crippen LogP contribution is -2.03. The van der Waals surface area contributed by atoms with E-state index in [2.05, 4.69) is 10.3 Å². The van der Waals surface area contributed by atoms with Gasteiger partial charge < -0.3 is 10.4 Å². The Hall–Kier alpha value is -2.87. The second kappa shape index (κ2) is 4.97. The molecule has 5 heteroatoms. The van der Waals surface area contributed by atoms with Gasteiger partial charge in [-0.1, -0.05) is 6.07 Å². The molecule has 0 fully saturated rings. The predicted octanol–water partition coefficient (Wildman–Crippen LogP) is 2.40. The largest absolute Gasteiger partial charge is 0.478 e. The Balaban J connectivity index is 2.34. The van der Waals surface area contributed by atoms with Crippen LogP contribution in [0.15, 0.2) is 42.7 Å². The molecule has 0 aliphatic rings. The fraction of sp³-hybridized carbons (Fsp3) is 0. The summed E-state index contributed by atoms with van der Waals surface area (Å²) in [6, 6.07) is 10.4. The van der Waals surface area contributed by atoms with Crippen LogP contribution in [0.1, 0.15) is 15.9 Å². The fourth-order valence-electron chi connectivity index (χ4n) is 1.50. The maximum Gasteiger partial charge on any atom is 0.339 e. The smallest absolute Gasteiger partial charge is 0.339 e. The molecule has 0 radical (unpaired) electrons. The van der Waals surface area contributed by atoms with Gasteiger partial charge in [0.15, 0.2) is 0 Å². The van der Waals surface area contributed by atoms with Crippen molar-refractivity contribution in [3.63, 3.8) is 0 Å². The Bertz CT molecular complexity index is 632. The summed E-state index contributed by atoms with van der Waals surface area (Å²) in [5.41, 5.74) is 1.68. The first kappa shape index (κ1) is 11.6. The summed E-state index contributed by atoms with van der Waals surface area (Å²) >= 11 is 0. The van der Waals surface area contributed by atoms with Crippen molar-refractivity contribution >= 4 is 17.3 Å². The molecule has 2 rings (SSSR count). The van der Waals surface area contributed by atoms with Crippen molar-refractivity contribution in [1.29, 1.82) is 5.26 Å². The lowest BCUT2D eigenvalue weighted by Gasteiger charge is -2.08. The second-order valence-corrected chi connectivity index (χ2v) is 3.54. The summed E-state index contributed by atoms with van der Waals surface area (Å²) in [6.45, 7) is 0. The zero-order chi connectivity index (χ0) is 13.0. The number of carboxylic acid groups (broad SMARTS) is 1. The minimum Gasteiger partial charge on any atom is -0.478 e. The number of aromatic nitrogens is 1. The van der Waals surface area contributed by atoms with Gasteiger partial charge in [-0.25, -0.2) is 4.79 Å². The van der Waals surface area contributed by atoms with E-state index in [0.717, 1.165) is 0 Å². The van der Waals surface area contributed by atoms with Gasteiger partial charge in [0.05, 0.1) is 17.3 Å². The Morgan fingerprint density at radius 2 is 2.22 bits per heavy atom. The van der Waals surface area contributed by atoms with Crippen molar-refractivity contribution < 1.29 is 9.90 Å². The number of carbonyl (C=O) groups is 1. The number of rotatable bonds is 3. The van der Waals surface area contributed by atoms with E-state index in [9.17, 15) is 4.79 Å². The van der Waals surface area contributed by atoms with Crippen molar-refractivity contribution in [3.05, 3.63) is 53.9 Å². The first-order valence-corrected chi connectivity index (χ1v) is 5.15. The van der Waals surface area contributed by atoms with Gasteiger partial charge in [0.25, 0.3) is 0 Å². The van der Waals surface area contributed by atoms with Crippen molar-refractivity contribution in [2.24, 2.45) is 0 Å². The summed E-state index contributed by atoms with van der Waals surface area (Å²) < 4.78 is 0. The highest BCUT2D eigenvalue weighted by atomic mass is 16.4. The molecule has 5 nitrogen and oxygen atoms in total. The van der Waals surface area contributed by atoms with Crippen molar-refractivity contribution in [2.75, 3.05) is 5.32 Å². The van der Waals surface area contributed by atoms with Gasteiger partial charge in [-0.2, -0.15) is 5.26 Å². The van der Waals surface area contributed by atoms with Crippen LogP contribution >= 0.6 is 0 Å². The molecule has 0 bridgehead atoms. The van der Waals surface area contributed by atoms with Crippen LogP contribution in [0.2, 0.25) is 0 Å². The van der Waals surface area contributed by atoms with E-state index in [1.165, 1.54) is 12.4 Å². The zero-order valence-corrected chi connectivity index (χ0v) is 9.29. The molecule has 0 aliphatic carbocycles. The van der Waals surface area contributed by atoms with E-state index in [-0.39, 0.29) is 5.56 Å². The molecular weight excluding hydrogens is 230 g/mol. The molecule has 88 valence electrons. The van der Waals surface area contributed by atoms with Crippen LogP contribution in [0.25, 0.3) is 0 Å². The zero-order valence-electron chi connectivity index (χ0n) is 9.29. The molecule has 0 spiro atoms. The van der Waals surface area contributed by atoms with Crippen LogP contribution in [-0.4, -0.2) is 16.1 Å². The third kappa shape index (κ3) is 2.44. The number of hydrogen-bond acceptors (Lipinski definition) is 4. The summed E-state index contributed by atoms with van der Waals surface area (Å²) in [5, 5.41) is 20.8. The number of nitriles is 1. The molecule has 0 unspecified atom stereocenters. The minimum absolute atomic E-state index is 0.0832. The standard InChI is InChI=1S/C13H9N3O2/c14-7-9-2-1-3-10(6-9)16-12-4-5-15-8-11(12)13(17)18/h1-6,8H,(H,15,16)(H,17,18). The normalized spacial score (nSPS) is 9.50. The second-order valence-electron chi connectivity index (χ2n) is 3.54. The number of anilines is 2. The Labute approximate surface area is 103 Å². The maximum atomic E-state index is 11.0. The number of aromatic carboxylic acids is 1. The Morgan fingerprint density at radius 3 is 2.94 bits per heavy atom. The van der Waals surface area contributed by atoms with E-state index in [0.29, 0.717) is 16.9 Å². The molecule has 1 aromatic carbocycles. The first-order valence-electron chi connectivity index (χ1n) is 5.15. The summed E-state index contributed by atoms with van der Waals surface area (Å²) in [4.78, 5) is 14.8. The molecule has 0 saturated carbocycles. The number of nitrogens with zero attached hydrogens (tertiary/aromatic N) is 2. The molecule has 0 saturated heterocycles. The molecule has 0 amide bonds. The average molecular weight is 239 g/mol. The van der Waals surface area contributed by atoms with E-state index < -0.39 is 5.97 Å². The van der Waals surface area contributed by atoms with E-state index in [1.54, 1.807) is 30.3 Å². The molecule has 2 N–H and O–H groups in total. The lowest BCUT2D eigenvalue weighted by molar-refractivity contribution is 0.0697. The average Bonchev–Trinajstić information content (AvgIpc) is 2.39. The molecular formula is C13H9N3O2. The van der Waals surface area contributed by atoms with E-state index >= 15 is 0 Å². The van der Waals surface area contributed by atoms with Gasteiger partial charge in [0.2, 0.25) is 0 Å². The molecule has 0 aliphatic heterocycles. The fourth-order valence-corrected chi connectivity index (χ4v) is 1.50. The number of nitrogens with one attached hydrogen (secondary N) is 1. The summed E-state index contributed by atoms with van der Waals surface area (Å²) in [6.07, 6.45) is 2.78. The van der Waals surface area contributed by atoms with Crippen molar-refractivity contribution in [3.8, 4) is 6.07 Å². The van der Waals surface area contributed by atoms with Gasteiger partial charge in [0.1, 0.15) is 5.56 Å². The van der Waals surface area contributed by atoms with Gasteiger partial charge in [-0.05, 0) is 24.3 Å².